The first kappa shape index (κ1) is 15.0. The summed E-state index contributed by atoms with van der Waals surface area (Å²) in [5, 5.41) is 15.4. The molecule has 2 N–H and O–H groups in total. The predicted octanol–water partition coefficient (Wildman–Crippen LogP) is 2.34. The number of carbonyl (C=O) groups is 2. The second kappa shape index (κ2) is 5.73. The van der Waals surface area contributed by atoms with Crippen LogP contribution in [0.5, 0.6) is 0 Å². The third kappa shape index (κ3) is 4.61. The highest BCUT2D eigenvalue weighted by Crippen LogP contribution is 2.15. The SMILES string of the molecule is CCCn1cc(C(=O)O)c(NC(=O)OC(C)(C)C)n1. The van der Waals surface area contributed by atoms with Gasteiger partial charge in [-0.2, -0.15) is 5.10 Å². The third-order valence-corrected chi connectivity index (χ3v) is 2.06. The first-order valence-corrected chi connectivity index (χ1v) is 6.03. The molecule has 0 atom stereocenters. The minimum atomic E-state index is -1.14. The molecule has 0 aliphatic heterocycles. The highest BCUT2D eigenvalue weighted by Gasteiger charge is 2.21. The summed E-state index contributed by atoms with van der Waals surface area (Å²) in [7, 11) is 0. The molecule has 0 spiro atoms. The molecule has 0 radical (unpaired) electrons. The number of anilines is 1. The van der Waals surface area contributed by atoms with Crippen molar-refractivity contribution in [3.63, 3.8) is 0 Å². The van der Waals surface area contributed by atoms with Gasteiger partial charge >= 0.3 is 12.1 Å². The van der Waals surface area contributed by atoms with E-state index in [0.717, 1.165) is 6.42 Å². The van der Waals surface area contributed by atoms with Crippen LogP contribution in [0.1, 0.15) is 44.5 Å². The molecule has 0 aromatic carbocycles. The Kier molecular flexibility index (Phi) is 4.52. The Hall–Kier alpha value is -2.05. The number of ether oxygens (including phenoxy) is 1. The number of hydrogen-bond donors (Lipinski definition) is 2. The number of aryl methyl sites for hydroxylation is 1. The van der Waals surface area contributed by atoms with E-state index in [1.54, 1.807) is 20.8 Å². The highest BCUT2D eigenvalue weighted by atomic mass is 16.6. The molecule has 106 valence electrons. The molecule has 7 heteroatoms. The Balaban J connectivity index is 2.87. The molecule has 0 unspecified atom stereocenters. The average Bonchev–Trinajstić information content (AvgIpc) is 2.58. The summed E-state index contributed by atoms with van der Waals surface area (Å²) >= 11 is 0. The van der Waals surface area contributed by atoms with Crippen LogP contribution in [-0.4, -0.2) is 32.6 Å². The number of aromatic nitrogens is 2. The lowest BCUT2D eigenvalue weighted by Gasteiger charge is -2.19. The van der Waals surface area contributed by atoms with Crippen molar-refractivity contribution in [3.8, 4) is 0 Å². The number of amides is 1. The topological polar surface area (TPSA) is 93.5 Å². The van der Waals surface area contributed by atoms with Gasteiger partial charge in [0.05, 0.1) is 0 Å². The van der Waals surface area contributed by atoms with Crippen molar-refractivity contribution in [3.05, 3.63) is 11.8 Å². The summed E-state index contributed by atoms with van der Waals surface area (Å²) < 4.78 is 6.54. The van der Waals surface area contributed by atoms with Crippen LogP contribution in [0.25, 0.3) is 0 Å². The molecular weight excluding hydrogens is 250 g/mol. The third-order valence-electron chi connectivity index (χ3n) is 2.06. The van der Waals surface area contributed by atoms with Crippen LogP contribution in [0.3, 0.4) is 0 Å². The Labute approximate surface area is 111 Å². The molecular formula is C12H19N3O4. The summed E-state index contributed by atoms with van der Waals surface area (Å²) in [6.45, 7) is 7.69. The van der Waals surface area contributed by atoms with Gasteiger partial charge in [-0.3, -0.25) is 10.00 Å². The van der Waals surface area contributed by atoms with Gasteiger partial charge in [-0.1, -0.05) is 6.92 Å². The van der Waals surface area contributed by atoms with Crippen LogP contribution in [0, 0.1) is 0 Å². The van der Waals surface area contributed by atoms with Gasteiger partial charge in [0.2, 0.25) is 0 Å². The second-order valence-corrected chi connectivity index (χ2v) is 5.09. The number of carbonyl (C=O) groups excluding carboxylic acids is 1. The minimum absolute atomic E-state index is 0.00444. The first-order chi connectivity index (χ1) is 8.73. The van der Waals surface area contributed by atoms with E-state index in [1.807, 2.05) is 6.92 Å². The zero-order valence-electron chi connectivity index (χ0n) is 11.6. The maximum atomic E-state index is 11.6. The van der Waals surface area contributed by atoms with E-state index in [2.05, 4.69) is 10.4 Å². The van der Waals surface area contributed by atoms with E-state index in [1.165, 1.54) is 10.9 Å². The molecule has 7 nitrogen and oxygen atoms in total. The summed E-state index contributed by atoms with van der Waals surface area (Å²) in [4.78, 5) is 22.7. The van der Waals surface area contributed by atoms with Crippen molar-refractivity contribution in [2.75, 3.05) is 5.32 Å². The number of rotatable bonds is 4. The Bertz CT molecular complexity index is 474. The average molecular weight is 269 g/mol. The van der Waals surface area contributed by atoms with Crippen molar-refractivity contribution in [1.82, 2.24) is 9.78 Å². The second-order valence-electron chi connectivity index (χ2n) is 5.09. The number of carboxylic acid groups (broad SMARTS) is 1. The lowest BCUT2D eigenvalue weighted by Crippen LogP contribution is -2.27. The van der Waals surface area contributed by atoms with Gasteiger partial charge in [0, 0.05) is 12.7 Å². The molecule has 0 saturated heterocycles. The van der Waals surface area contributed by atoms with Gasteiger partial charge in [0.1, 0.15) is 11.2 Å². The molecule has 1 rings (SSSR count). The van der Waals surface area contributed by atoms with E-state index >= 15 is 0 Å². The fourth-order valence-corrected chi connectivity index (χ4v) is 1.41. The molecule has 19 heavy (non-hydrogen) atoms. The van der Waals surface area contributed by atoms with Gasteiger partial charge in [-0.15, -0.1) is 0 Å². The van der Waals surface area contributed by atoms with Crippen LogP contribution in [-0.2, 0) is 11.3 Å². The Morgan fingerprint density at radius 3 is 2.58 bits per heavy atom. The van der Waals surface area contributed by atoms with Crippen molar-refractivity contribution < 1.29 is 19.4 Å². The summed E-state index contributed by atoms with van der Waals surface area (Å²) in [6.07, 6.45) is 1.47. The largest absolute Gasteiger partial charge is 0.477 e. The molecule has 0 bridgehead atoms. The van der Waals surface area contributed by atoms with Crippen LogP contribution in [0.2, 0.25) is 0 Å². The highest BCUT2D eigenvalue weighted by molar-refractivity contribution is 5.97. The van der Waals surface area contributed by atoms with E-state index in [4.69, 9.17) is 9.84 Å². The van der Waals surface area contributed by atoms with Crippen molar-refractivity contribution in [1.29, 1.82) is 0 Å². The summed E-state index contributed by atoms with van der Waals surface area (Å²) in [5.74, 6) is -1.15. The molecule has 1 aromatic heterocycles. The Morgan fingerprint density at radius 2 is 2.11 bits per heavy atom. The number of aromatic carboxylic acids is 1. The van der Waals surface area contributed by atoms with E-state index < -0.39 is 17.7 Å². The van der Waals surface area contributed by atoms with Gasteiger partial charge in [-0.25, -0.2) is 9.59 Å². The van der Waals surface area contributed by atoms with E-state index in [-0.39, 0.29) is 11.4 Å². The standard InChI is InChI=1S/C12H19N3O4/c1-5-6-15-7-8(10(16)17)9(14-15)13-11(18)19-12(2,3)4/h7H,5-6H2,1-4H3,(H,16,17)(H,13,14,18). The first-order valence-electron chi connectivity index (χ1n) is 6.03. The molecule has 1 heterocycles. The van der Waals surface area contributed by atoms with Crippen LogP contribution < -0.4 is 5.32 Å². The summed E-state index contributed by atoms with van der Waals surface area (Å²) in [5.41, 5.74) is -0.710. The van der Waals surface area contributed by atoms with Crippen molar-refractivity contribution in [2.45, 2.75) is 46.3 Å². The van der Waals surface area contributed by atoms with Gasteiger partial charge in [0.25, 0.3) is 0 Å². The van der Waals surface area contributed by atoms with Crippen molar-refractivity contribution >= 4 is 17.9 Å². The van der Waals surface area contributed by atoms with Gasteiger partial charge < -0.3 is 9.84 Å². The maximum absolute atomic E-state index is 11.6. The minimum Gasteiger partial charge on any atom is -0.477 e. The van der Waals surface area contributed by atoms with E-state index in [9.17, 15) is 9.59 Å². The smallest absolute Gasteiger partial charge is 0.413 e. The van der Waals surface area contributed by atoms with Crippen molar-refractivity contribution in [2.24, 2.45) is 0 Å². The molecule has 0 fully saturated rings. The van der Waals surface area contributed by atoms with Gasteiger partial charge in [0.15, 0.2) is 5.82 Å². The number of carboxylic acids is 1. The molecule has 1 aromatic rings. The fraction of sp³-hybridized carbons (Fsp3) is 0.583. The van der Waals surface area contributed by atoms with Crippen LogP contribution >= 0.6 is 0 Å². The predicted molar refractivity (Wildman–Crippen MR) is 69.3 cm³/mol. The lowest BCUT2D eigenvalue weighted by molar-refractivity contribution is 0.0635. The Morgan fingerprint density at radius 1 is 1.47 bits per heavy atom. The molecule has 1 amide bonds. The van der Waals surface area contributed by atoms with Gasteiger partial charge in [-0.05, 0) is 27.2 Å². The fourth-order valence-electron chi connectivity index (χ4n) is 1.41. The molecule has 0 aliphatic rings. The zero-order chi connectivity index (χ0) is 14.6. The zero-order valence-corrected chi connectivity index (χ0v) is 11.6. The number of hydrogen-bond acceptors (Lipinski definition) is 4. The monoisotopic (exact) mass is 269 g/mol. The number of nitrogens with one attached hydrogen (secondary N) is 1. The van der Waals surface area contributed by atoms with Crippen LogP contribution in [0.4, 0.5) is 10.6 Å². The lowest BCUT2D eigenvalue weighted by atomic mass is 10.2. The molecule has 0 aliphatic carbocycles. The quantitative estimate of drug-likeness (QED) is 0.875. The number of nitrogens with zero attached hydrogens (tertiary/aromatic N) is 2. The summed E-state index contributed by atoms with van der Waals surface area (Å²) in [6, 6.07) is 0. The van der Waals surface area contributed by atoms with E-state index in [0.29, 0.717) is 6.54 Å². The van der Waals surface area contributed by atoms with Crippen LogP contribution in [0.15, 0.2) is 6.20 Å². The molecule has 0 saturated carbocycles. The maximum Gasteiger partial charge on any atom is 0.413 e. The normalized spacial score (nSPS) is 11.2.